The molecule has 2 aliphatic rings. The number of aromatic amines is 1. The first-order chi connectivity index (χ1) is 24.0. The summed E-state index contributed by atoms with van der Waals surface area (Å²) in [5.41, 5.74) is 1.54. The van der Waals surface area contributed by atoms with Crippen molar-refractivity contribution >= 4 is 33.1 Å². The van der Waals surface area contributed by atoms with Gasteiger partial charge >= 0.3 is 0 Å². The second-order valence-electron chi connectivity index (χ2n) is 16.5. The molecule has 1 aromatic rings. The Morgan fingerprint density at radius 3 is 2.10 bits per heavy atom. The van der Waals surface area contributed by atoms with Crippen molar-refractivity contribution < 1.29 is 14.3 Å². The number of ether oxygens (including phenoxy) is 1. The minimum atomic E-state index is -0.235. The number of unbranched alkanes of at least 4 members (excludes halogenated alkanes) is 12. The Hall–Kier alpha value is -1.73. The van der Waals surface area contributed by atoms with E-state index in [0.29, 0.717) is 48.7 Å². The number of amides is 2. The van der Waals surface area contributed by atoms with Crippen molar-refractivity contribution in [1.82, 2.24) is 20.1 Å². The fraction of sp³-hybridized carbons (Fsp3) is 0.850. The predicted octanol–water partition coefficient (Wildman–Crippen LogP) is 9.16. The highest BCUT2D eigenvalue weighted by molar-refractivity contribution is 7.64. The third kappa shape index (κ3) is 15.1. The van der Waals surface area contributed by atoms with Crippen LogP contribution in [-0.2, 0) is 16.0 Å². The van der Waals surface area contributed by atoms with Gasteiger partial charge < -0.3 is 19.8 Å². The molecule has 283 valence electrons. The first kappa shape index (κ1) is 42.7. The third-order valence-electron chi connectivity index (χ3n) is 11.0. The predicted molar refractivity (Wildman–Crippen MR) is 211 cm³/mol. The highest BCUT2D eigenvalue weighted by Gasteiger charge is 2.53. The van der Waals surface area contributed by atoms with E-state index in [2.05, 4.69) is 50.4 Å². The van der Waals surface area contributed by atoms with Crippen LogP contribution < -0.4 is 16.4 Å². The van der Waals surface area contributed by atoms with Crippen LogP contribution >= 0.6 is 8.58 Å². The number of carbonyl (C=O) groups is 2. The molecule has 10 heteroatoms. The van der Waals surface area contributed by atoms with E-state index in [1.54, 1.807) is 11.9 Å². The molecular weight excluding hydrogens is 642 g/mol. The van der Waals surface area contributed by atoms with Crippen LogP contribution in [0, 0.1) is 18.3 Å². The van der Waals surface area contributed by atoms with Crippen molar-refractivity contribution in [1.29, 1.82) is 0 Å². The van der Waals surface area contributed by atoms with Gasteiger partial charge in [0, 0.05) is 52.4 Å². The Kier molecular flexibility index (Phi) is 19.1. The topological polar surface area (TPSA) is 104 Å². The van der Waals surface area contributed by atoms with Crippen molar-refractivity contribution in [2.45, 2.75) is 187 Å². The summed E-state index contributed by atoms with van der Waals surface area (Å²) in [6.45, 7) is 12.0. The summed E-state index contributed by atoms with van der Waals surface area (Å²) in [5, 5.41) is 3.36. The highest BCUT2D eigenvalue weighted by Crippen LogP contribution is 2.55. The molecule has 1 aliphatic carbocycles. The zero-order valence-corrected chi connectivity index (χ0v) is 33.7. The van der Waals surface area contributed by atoms with Crippen molar-refractivity contribution in [3.63, 3.8) is 0 Å². The Balaban J connectivity index is 1.47. The number of rotatable bonds is 25. The molecule has 2 amide bonds. The van der Waals surface area contributed by atoms with Crippen molar-refractivity contribution in [3.05, 3.63) is 21.6 Å². The van der Waals surface area contributed by atoms with Crippen LogP contribution in [-0.4, -0.2) is 60.1 Å². The van der Waals surface area contributed by atoms with E-state index in [1.165, 1.54) is 103 Å². The summed E-state index contributed by atoms with van der Waals surface area (Å²) in [4.78, 5) is 48.4. The second-order valence-corrected chi connectivity index (χ2v) is 17.7. The van der Waals surface area contributed by atoms with Crippen LogP contribution in [0.2, 0.25) is 5.31 Å². The maximum Gasteiger partial charge on any atom is 0.259 e. The fourth-order valence-corrected chi connectivity index (χ4v) is 9.50. The van der Waals surface area contributed by atoms with Gasteiger partial charge in [0.1, 0.15) is 5.57 Å². The number of H-pyrrole nitrogens is 1. The zero-order chi connectivity index (χ0) is 36.4. The number of aromatic nitrogens is 2. The molecule has 2 N–H and O–H groups in total. The van der Waals surface area contributed by atoms with Gasteiger partial charge in [0.15, 0.2) is 0 Å². The molecule has 1 saturated carbocycles. The number of aryl methyl sites for hydroxylation is 1. The van der Waals surface area contributed by atoms with Crippen LogP contribution in [0.1, 0.15) is 174 Å². The highest BCUT2D eigenvalue weighted by atomic mass is 31.1. The lowest BCUT2D eigenvalue weighted by Crippen LogP contribution is -2.61. The minimum absolute atomic E-state index is 0.0281. The molecule has 50 heavy (non-hydrogen) atoms. The molecule has 2 fully saturated rings. The number of hydrogen-bond acceptors (Lipinski definition) is 5. The number of carbonyl (C=O) groups excluding carboxylic acids is 2. The Morgan fingerprint density at radius 1 is 0.960 bits per heavy atom. The Bertz CT molecular complexity index is 1220. The van der Waals surface area contributed by atoms with E-state index >= 15 is 0 Å². The van der Waals surface area contributed by atoms with Gasteiger partial charge in [-0.2, -0.15) is 0 Å². The summed E-state index contributed by atoms with van der Waals surface area (Å²) in [6, 6.07) is 0.118. The van der Waals surface area contributed by atoms with E-state index in [0.717, 1.165) is 25.7 Å². The van der Waals surface area contributed by atoms with E-state index < -0.39 is 0 Å². The summed E-state index contributed by atoms with van der Waals surface area (Å²) >= 11 is 0. The third-order valence-corrected chi connectivity index (χ3v) is 12.0. The molecule has 4 atom stereocenters. The lowest BCUT2D eigenvalue weighted by Gasteiger charge is -2.57. The van der Waals surface area contributed by atoms with Crippen LogP contribution in [0.25, 0.3) is 0 Å². The Morgan fingerprint density at radius 2 is 1.54 bits per heavy atom. The number of nitrogens with zero attached hydrogens (tertiary/aromatic N) is 2. The van der Waals surface area contributed by atoms with Gasteiger partial charge in [-0.3, -0.25) is 14.4 Å². The summed E-state index contributed by atoms with van der Waals surface area (Å²) in [5.74, 6) is 0.844. The quantitative estimate of drug-likeness (QED) is 0.0598. The number of hydrogen-bond donors (Lipinski definition) is 2. The smallest absolute Gasteiger partial charge is 0.259 e. The molecule has 0 bridgehead atoms. The van der Waals surface area contributed by atoms with Crippen molar-refractivity contribution in [3.8, 4) is 0 Å². The molecule has 1 aromatic heterocycles. The van der Waals surface area contributed by atoms with E-state index in [1.807, 2.05) is 6.92 Å². The molecule has 1 spiro atoms. The monoisotopic (exact) mass is 714 g/mol. The minimum Gasteiger partial charge on any atom is -0.387 e. The van der Waals surface area contributed by atoms with Crippen LogP contribution in [0.4, 0.5) is 4.79 Å². The van der Waals surface area contributed by atoms with Gasteiger partial charge in [-0.05, 0) is 49.3 Å². The molecule has 0 aromatic carbocycles. The molecule has 1 saturated heterocycles. The second kappa shape index (κ2) is 22.4. The largest absolute Gasteiger partial charge is 0.387 e. The summed E-state index contributed by atoms with van der Waals surface area (Å²) < 4.78 is 5.11. The normalized spacial score (nSPS) is 20.6. The van der Waals surface area contributed by atoms with Crippen LogP contribution in [0.3, 0.4) is 0 Å². The lowest BCUT2D eigenvalue weighted by atomic mass is 9.42. The van der Waals surface area contributed by atoms with Gasteiger partial charge in [-0.1, -0.05) is 130 Å². The van der Waals surface area contributed by atoms with Crippen LogP contribution in [0.5, 0.6) is 0 Å². The molecule has 4 unspecified atom stereocenters. The number of nitrogens with one attached hydrogen (secondary N) is 2. The average Bonchev–Trinajstić information content (AvgIpc) is 3.03. The lowest BCUT2D eigenvalue weighted by molar-refractivity contribution is -0.122. The molecule has 1 aliphatic heterocycles. The van der Waals surface area contributed by atoms with Gasteiger partial charge in [-0.25, -0.2) is 4.98 Å². The Labute approximate surface area is 307 Å². The summed E-state index contributed by atoms with van der Waals surface area (Å²) in [6.07, 6.45) is 26.2. The number of methoxy groups -OCH3 is 1. The maximum atomic E-state index is 13.4. The molecule has 2 heterocycles. The SMILES string of the molecule is CCCCCCCCCCC(CCCCCCCC)CCC(=O)NC1CC(C)(C)CC2([B]N(C(=O)Pc3nc(C)c(CCOC)c(=O)[nH]3)C2)C1. The van der Waals surface area contributed by atoms with E-state index in [4.69, 9.17) is 4.74 Å². The van der Waals surface area contributed by atoms with Gasteiger partial charge in [0.05, 0.1) is 6.61 Å². The summed E-state index contributed by atoms with van der Waals surface area (Å²) in [7, 11) is 3.47. The van der Waals surface area contributed by atoms with Crippen LogP contribution in [0.15, 0.2) is 4.79 Å². The van der Waals surface area contributed by atoms with E-state index in [-0.39, 0.29) is 42.5 Å². The van der Waals surface area contributed by atoms with Gasteiger partial charge in [0.2, 0.25) is 11.6 Å². The van der Waals surface area contributed by atoms with Gasteiger partial charge in [-0.15, -0.1) is 0 Å². The molecular formula is C40H71BN4O4P. The average molecular weight is 714 g/mol. The van der Waals surface area contributed by atoms with Gasteiger partial charge in [0.25, 0.3) is 13.0 Å². The zero-order valence-electron chi connectivity index (χ0n) is 32.7. The van der Waals surface area contributed by atoms with E-state index in [9.17, 15) is 14.4 Å². The molecule has 1 radical (unpaired) electrons. The molecule has 8 nitrogen and oxygen atoms in total. The fourth-order valence-electron chi connectivity index (χ4n) is 8.61. The first-order valence-corrected chi connectivity index (χ1v) is 21.3. The van der Waals surface area contributed by atoms with Crippen molar-refractivity contribution in [2.24, 2.45) is 11.3 Å². The standard InChI is InChI=1S/C40H71BN4O4P/c1-7-9-11-13-15-16-18-20-22-32(21-19-17-14-12-10-8-2)23-24-35(46)43-33-27-39(4,5)29-40(28-33)30-45(41-40)38(48)50-37-42-31(3)34(25-26-49-6)36(47)44-37/h32-33,50H,7-30H2,1-6H3,(H,43,46)(H,42,44,47). The molecule has 3 rings (SSSR count). The maximum absolute atomic E-state index is 13.4. The first-order valence-electron chi connectivity index (χ1n) is 20.3. The van der Waals surface area contributed by atoms with Crippen molar-refractivity contribution in [2.75, 3.05) is 20.3 Å².